The SMILES string of the molecule is CC(CCc1ccco1)NC(=O)[C@@H](NS(=O)(=O)c1ccccc1F)C(C)C. The predicted molar refractivity (Wildman–Crippen MR) is 100.0 cm³/mol. The summed E-state index contributed by atoms with van der Waals surface area (Å²) in [5.41, 5.74) is 0. The Morgan fingerprint density at radius 2 is 1.85 bits per heavy atom. The number of furan rings is 1. The second-order valence-corrected chi connectivity index (χ2v) is 8.48. The molecule has 0 aliphatic carbocycles. The smallest absolute Gasteiger partial charge is 0.244 e. The minimum absolute atomic E-state index is 0.179. The van der Waals surface area contributed by atoms with Gasteiger partial charge in [-0.05, 0) is 43.5 Å². The van der Waals surface area contributed by atoms with Crippen LogP contribution in [0.4, 0.5) is 4.39 Å². The van der Waals surface area contributed by atoms with Crippen molar-refractivity contribution in [2.75, 3.05) is 0 Å². The first-order chi connectivity index (χ1) is 12.7. The number of amides is 1. The van der Waals surface area contributed by atoms with Crippen LogP contribution >= 0.6 is 0 Å². The maximum absolute atomic E-state index is 13.9. The van der Waals surface area contributed by atoms with Gasteiger partial charge in [-0.3, -0.25) is 4.79 Å². The predicted octanol–water partition coefficient (Wildman–Crippen LogP) is 2.86. The highest BCUT2D eigenvalue weighted by Crippen LogP contribution is 2.16. The van der Waals surface area contributed by atoms with Gasteiger partial charge in [0.25, 0.3) is 0 Å². The summed E-state index contributed by atoms with van der Waals surface area (Å²) in [5.74, 6) is -0.808. The molecule has 0 bridgehead atoms. The van der Waals surface area contributed by atoms with E-state index in [1.807, 2.05) is 13.0 Å². The van der Waals surface area contributed by atoms with Gasteiger partial charge in [-0.25, -0.2) is 12.8 Å². The van der Waals surface area contributed by atoms with Crippen LogP contribution in [-0.4, -0.2) is 26.4 Å². The summed E-state index contributed by atoms with van der Waals surface area (Å²) in [6, 6.07) is 7.52. The maximum atomic E-state index is 13.9. The number of carbonyl (C=O) groups excluding carboxylic acids is 1. The summed E-state index contributed by atoms with van der Waals surface area (Å²) in [4.78, 5) is 12.1. The van der Waals surface area contributed by atoms with Crippen LogP contribution in [0.1, 0.15) is 33.0 Å². The van der Waals surface area contributed by atoms with Crippen molar-refractivity contribution in [1.29, 1.82) is 0 Å². The van der Waals surface area contributed by atoms with Crippen LogP contribution in [0.3, 0.4) is 0 Å². The lowest BCUT2D eigenvalue weighted by Crippen LogP contribution is -2.51. The van der Waals surface area contributed by atoms with Crippen molar-refractivity contribution < 1.29 is 22.0 Å². The first-order valence-electron chi connectivity index (χ1n) is 8.80. The number of nitrogens with one attached hydrogen (secondary N) is 2. The second kappa shape index (κ2) is 9.14. The first kappa shape index (κ1) is 21.1. The van der Waals surface area contributed by atoms with Gasteiger partial charge in [-0.15, -0.1) is 0 Å². The van der Waals surface area contributed by atoms with Gasteiger partial charge in [0.2, 0.25) is 15.9 Å². The fourth-order valence-corrected chi connectivity index (χ4v) is 4.03. The van der Waals surface area contributed by atoms with E-state index in [0.717, 1.165) is 11.8 Å². The molecule has 0 spiro atoms. The molecule has 27 heavy (non-hydrogen) atoms. The Bertz CT molecular complexity index is 850. The Morgan fingerprint density at radius 1 is 1.15 bits per heavy atom. The monoisotopic (exact) mass is 396 g/mol. The number of hydrogen-bond acceptors (Lipinski definition) is 4. The number of halogens is 1. The summed E-state index contributed by atoms with van der Waals surface area (Å²) in [6.45, 7) is 5.28. The molecule has 0 saturated carbocycles. The van der Waals surface area contributed by atoms with Crippen molar-refractivity contribution in [2.24, 2.45) is 5.92 Å². The Balaban J connectivity index is 2.03. The van der Waals surface area contributed by atoms with Crippen molar-refractivity contribution in [1.82, 2.24) is 10.0 Å². The number of rotatable bonds is 9. The van der Waals surface area contributed by atoms with E-state index in [1.165, 1.54) is 18.2 Å². The highest BCUT2D eigenvalue weighted by molar-refractivity contribution is 7.89. The molecule has 8 heteroatoms. The zero-order valence-corrected chi connectivity index (χ0v) is 16.4. The minimum atomic E-state index is -4.16. The lowest BCUT2D eigenvalue weighted by atomic mass is 10.0. The van der Waals surface area contributed by atoms with E-state index in [2.05, 4.69) is 10.0 Å². The molecular weight excluding hydrogens is 371 g/mol. The maximum Gasteiger partial charge on any atom is 0.244 e. The topological polar surface area (TPSA) is 88.4 Å². The van der Waals surface area contributed by atoms with Crippen LogP contribution in [0.5, 0.6) is 0 Å². The molecule has 1 heterocycles. The van der Waals surface area contributed by atoms with Gasteiger partial charge >= 0.3 is 0 Å². The van der Waals surface area contributed by atoms with Gasteiger partial charge in [0.1, 0.15) is 22.5 Å². The standard InChI is InChI=1S/C19H25FN2O4S/c1-13(2)18(22-27(24,25)17-9-5-4-8-16(17)20)19(23)21-14(3)10-11-15-7-6-12-26-15/h4-9,12-14,18,22H,10-11H2,1-3H3,(H,21,23)/t14?,18-/m0/s1. The van der Waals surface area contributed by atoms with Gasteiger partial charge in [0.05, 0.1) is 6.26 Å². The van der Waals surface area contributed by atoms with Crippen molar-refractivity contribution in [2.45, 2.75) is 50.6 Å². The molecule has 1 amide bonds. The van der Waals surface area contributed by atoms with Crippen molar-refractivity contribution in [3.8, 4) is 0 Å². The molecule has 0 aliphatic rings. The highest BCUT2D eigenvalue weighted by atomic mass is 32.2. The summed E-state index contributed by atoms with van der Waals surface area (Å²) < 4.78 is 46.4. The molecule has 2 atom stereocenters. The lowest BCUT2D eigenvalue weighted by Gasteiger charge is -2.24. The molecule has 2 aromatic rings. The summed E-state index contributed by atoms with van der Waals surface area (Å²) in [6.07, 6.45) is 2.89. The highest BCUT2D eigenvalue weighted by Gasteiger charge is 2.30. The van der Waals surface area contributed by atoms with Gasteiger partial charge in [0.15, 0.2) is 0 Å². The molecule has 0 saturated heterocycles. The van der Waals surface area contributed by atoms with E-state index >= 15 is 0 Å². The van der Waals surface area contributed by atoms with Crippen LogP contribution in [0, 0.1) is 11.7 Å². The number of carbonyl (C=O) groups is 1. The third-order valence-corrected chi connectivity index (χ3v) is 5.62. The second-order valence-electron chi connectivity index (χ2n) is 6.80. The molecular formula is C19H25FN2O4S. The Labute approximate surface area is 159 Å². The van der Waals surface area contributed by atoms with Crippen LogP contribution < -0.4 is 10.0 Å². The minimum Gasteiger partial charge on any atom is -0.469 e. The van der Waals surface area contributed by atoms with E-state index in [1.54, 1.807) is 26.2 Å². The summed E-state index contributed by atoms with van der Waals surface area (Å²) >= 11 is 0. The van der Waals surface area contributed by atoms with Crippen molar-refractivity contribution in [3.63, 3.8) is 0 Å². The molecule has 1 aromatic carbocycles. The number of benzene rings is 1. The Kier molecular flexibility index (Phi) is 7.15. The Morgan fingerprint density at radius 3 is 2.44 bits per heavy atom. The molecule has 1 aromatic heterocycles. The molecule has 1 unspecified atom stereocenters. The van der Waals surface area contributed by atoms with E-state index in [-0.39, 0.29) is 12.0 Å². The third-order valence-electron chi connectivity index (χ3n) is 4.15. The van der Waals surface area contributed by atoms with Crippen molar-refractivity contribution in [3.05, 3.63) is 54.2 Å². The largest absolute Gasteiger partial charge is 0.469 e. The van der Waals surface area contributed by atoms with Gasteiger partial charge in [0, 0.05) is 12.5 Å². The molecule has 6 nitrogen and oxygen atoms in total. The number of aryl methyl sites for hydroxylation is 1. The van der Waals surface area contributed by atoms with Crippen LogP contribution in [0.15, 0.2) is 52.0 Å². The van der Waals surface area contributed by atoms with Gasteiger partial charge in [-0.1, -0.05) is 26.0 Å². The molecule has 2 rings (SSSR count). The molecule has 148 valence electrons. The number of sulfonamides is 1. The average molecular weight is 396 g/mol. The van der Waals surface area contributed by atoms with E-state index in [0.29, 0.717) is 12.8 Å². The summed E-state index contributed by atoms with van der Waals surface area (Å²) in [5, 5.41) is 2.81. The lowest BCUT2D eigenvalue weighted by molar-refractivity contribution is -0.124. The normalized spacial score (nSPS) is 14.1. The molecule has 0 radical (unpaired) electrons. The first-order valence-corrected chi connectivity index (χ1v) is 10.3. The fourth-order valence-electron chi connectivity index (χ4n) is 2.60. The fraction of sp³-hybridized carbons (Fsp3) is 0.421. The quantitative estimate of drug-likeness (QED) is 0.682. The summed E-state index contributed by atoms with van der Waals surface area (Å²) in [7, 11) is -4.16. The number of hydrogen-bond donors (Lipinski definition) is 2. The van der Waals surface area contributed by atoms with E-state index in [4.69, 9.17) is 4.42 Å². The van der Waals surface area contributed by atoms with Crippen molar-refractivity contribution >= 4 is 15.9 Å². The zero-order chi connectivity index (χ0) is 20.0. The molecule has 2 N–H and O–H groups in total. The van der Waals surface area contributed by atoms with Gasteiger partial charge < -0.3 is 9.73 Å². The van der Waals surface area contributed by atoms with Crippen LogP contribution in [-0.2, 0) is 21.2 Å². The van der Waals surface area contributed by atoms with Crippen LogP contribution in [0.2, 0.25) is 0 Å². The zero-order valence-electron chi connectivity index (χ0n) is 15.6. The molecule has 0 fully saturated rings. The third kappa shape index (κ3) is 5.90. The molecule has 0 aliphatic heterocycles. The van der Waals surface area contributed by atoms with E-state index < -0.39 is 32.7 Å². The Hall–Kier alpha value is -2.19. The van der Waals surface area contributed by atoms with Crippen LogP contribution in [0.25, 0.3) is 0 Å². The van der Waals surface area contributed by atoms with E-state index in [9.17, 15) is 17.6 Å². The van der Waals surface area contributed by atoms with Gasteiger partial charge in [-0.2, -0.15) is 4.72 Å². The average Bonchev–Trinajstić information content (AvgIpc) is 3.11.